The monoisotopic (exact) mass is 256 g/mol. The molecule has 17 heavy (non-hydrogen) atoms. The lowest BCUT2D eigenvalue weighted by Crippen LogP contribution is -2.25. The van der Waals surface area contributed by atoms with Gasteiger partial charge in [-0.1, -0.05) is 11.6 Å². The lowest BCUT2D eigenvalue weighted by Gasteiger charge is -2.04. The first-order valence-corrected chi connectivity index (χ1v) is 5.48. The molecular weight excluding hydrogens is 244 g/mol. The summed E-state index contributed by atoms with van der Waals surface area (Å²) < 4.78 is 4.48. The minimum Gasteiger partial charge on any atom is -0.469 e. The van der Waals surface area contributed by atoms with Crippen molar-refractivity contribution in [3.05, 3.63) is 29.0 Å². The van der Waals surface area contributed by atoms with E-state index in [1.54, 1.807) is 12.1 Å². The number of pyridine rings is 1. The number of carbonyl (C=O) groups excluding carboxylic acids is 2. The van der Waals surface area contributed by atoms with Gasteiger partial charge in [0.15, 0.2) is 0 Å². The molecule has 0 aliphatic carbocycles. The number of rotatable bonds is 5. The van der Waals surface area contributed by atoms with E-state index in [2.05, 4.69) is 15.0 Å². The van der Waals surface area contributed by atoms with Gasteiger partial charge in [-0.2, -0.15) is 0 Å². The Hall–Kier alpha value is -1.62. The van der Waals surface area contributed by atoms with Crippen LogP contribution in [0.2, 0.25) is 5.15 Å². The molecule has 0 spiro atoms. The third kappa shape index (κ3) is 4.82. The second-order valence-corrected chi connectivity index (χ2v) is 3.69. The molecular formula is C11H13ClN2O3. The molecule has 5 nitrogen and oxygen atoms in total. The van der Waals surface area contributed by atoms with Crippen LogP contribution in [0, 0.1) is 0 Å². The molecule has 0 fully saturated rings. The molecule has 1 N–H and O–H groups in total. The first-order chi connectivity index (χ1) is 8.13. The maximum atomic E-state index is 11.6. The van der Waals surface area contributed by atoms with E-state index in [0.29, 0.717) is 23.7 Å². The van der Waals surface area contributed by atoms with Crippen LogP contribution in [0.25, 0.3) is 0 Å². The van der Waals surface area contributed by atoms with Crippen molar-refractivity contribution in [3.63, 3.8) is 0 Å². The molecule has 1 amide bonds. The number of ether oxygens (including phenoxy) is 1. The van der Waals surface area contributed by atoms with Crippen LogP contribution < -0.4 is 5.32 Å². The number of halogens is 1. The zero-order chi connectivity index (χ0) is 12.7. The van der Waals surface area contributed by atoms with Crippen LogP contribution in [0.15, 0.2) is 18.3 Å². The number of methoxy groups -OCH3 is 1. The van der Waals surface area contributed by atoms with Crippen molar-refractivity contribution in [2.24, 2.45) is 0 Å². The van der Waals surface area contributed by atoms with Gasteiger partial charge in [-0.05, 0) is 18.6 Å². The third-order valence-electron chi connectivity index (χ3n) is 2.06. The van der Waals surface area contributed by atoms with E-state index in [9.17, 15) is 9.59 Å². The summed E-state index contributed by atoms with van der Waals surface area (Å²) in [5.74, 6) is -0.522. The van der Waals surface area contributed by atoms with E-state index >= 15 is 0 Å². The number of nitrogens with one attached hydrogen (secondary N) is 1. The predicted molar refractivity (Wildman–Crippen MR) is 62.8 cm³/mol. The number of amides is 1. The lowest BCUT2D eigenvalue weighted by atomic mass is 10.2. The second-order valence-electron chi connectivity index (χ2n) is 3.31. The summed E-state index contributed by atoms with van der Waals surface area (Å²) >= 11 is 5.60. The normalized spacial score (nSPS) is 9.76. The summed E-state index contributed by atoms with van der Waals surface area (Å²) in [7, 11) is 1.33. The molecule has 0 bridgehead atoms. The Balaban J connectivity index is 2.30. The van der Waals surface area contributed by atoms with Crippen molar-refractivity contribution in [1.82, 2.24) is 10.3 Å². The fourth-order valence-corrected chi connectivity index (χ4v) is 1.26. The fraction of sp³-hybridized carbons (Fsp3) is 0.364. The number of esters is 1. The zero-order valence-electron chi connectivity index (χ0n) is 9.40. The van der Waals surface area contributed by atoms with Crippen LogP contribution in [0.1, 0.15) is 23.2 Å². The number of hydrogen-bond donors (Lipinski definition) is 1. The van der Waals surface area contributed by atoms with Crippen molar-refractivity contribution in [1.29, 1.82) is 0 Å². The number of aromatic nitrogens is 1. The van der Waals surface area contributed by atoms with Gasteiger partial charge in [0.2, 0.25) is 0 Å². The standard InChI is InChI=1S/C11H13ClN2O3/c1-17-10(15)3-2-6-13-11(16)8-4-5-9(12)14-7-8/h4-5,7H,2-3,6H2,1H3,(H,13,16). The van der Waals surface area contributed by atoms with Crippen LogP contribution >= 0.6 is 11.6 Å². The van der Waals surface area contributed by atoms with Gasteiger partial charge in [-0.25, -0.2) is 4.98 Å². The summed E-state index contributed by atoms with van der Waals surface area (Å²) in [5, 5.41) is 3.01. The smallest absolute Gasteiger partial charge is 0.305 e. The van der Waals surface area contributed by atoms with Gasteiger partial charge in [0, 0.05) is 19.2 Å². The average molecular weight is 257 g/mol. The topological polar surface area (TPSA) is 68.3 Å². The highest BCUT2D eigenvalue weighted by molar-refractivity contribution is 6.29. The highest BCUT2D eigenvalue weighted by atomic mass is 35.5. The summed E-state index contributed by atoms with van der Waals surface area (Å²) in [6, 6.07) is 3.13. The SMILES string of the molecule is COC(=O)CCCNC(=O)c1ccc(Cl)nc1. The van der Waals surface area contributed by atoms with Gasteiger partial charge in [0.05, 0.1) is 12.7 Å². The third-order valence-corrected chi connectivity index (χ3v) is 2.28. The Morgan fingerprint density at radius 2 is 2.24 bits per heavy atom. The largest absolute Gasteiger partial charge is 0.469 e. The fourth-order valence-electron chi connectivity index (χ4n) is 1.15. The molecule has 6 heteroatoms. The minimum absolute atomic E-state index is 0.237. The summed E-state index contributed by atoms with van der Waals surface area (Å²) in [4.78, 5) is 26.2. The summed E-state index contributed by atoms with van der Waals surface area (Å²) in [5.41, 5.74) is 0.437. The first kappa shape index (κ1) is 13.4. The van der Waals surface area contributed by atoms with Gasteiger partial charge in [0.1, 0.15) is 5.15 Å². The highest BCUT2D eigenvalue weighted by Crippen LogP contribution is 2.04. The lowest BCUT2D eigenvalue weighted by molar-refractivity contribution is -0.140. The molecule has 1 rings (SSSR count). The van der Waals surface area contributed by atoms with Gasteiger partial charge >= 0.3 is 5.97 Å². The van der Waals surface area contributed by atoms with Crippen LogP contribution in [0.3, 0.4) is 0 Å². The summed E-state index contributed by atoms with van der Waals surface area (Å²) in [6.45, 7) is 0.413. The van der Waals surface area contributed by atoms with Crippen molar-refractivity contribution in [2.45, 2.75) is 12.8 Å². The average Bonchev–Trinajstić information content (AvgIpc) is 2.34. The second kappa shape index (κ2) is 6.85. The van der Waals surface area contributed by atoms with Gasteiger partial charge in [-0.3, -0.25) is 9.59 Å². The molecule has 0 atom stereocenters. The van der Waals surface area contributed by atoms with Crippen LogP contribution in [-0.2, 0) is 9.53 Å². The zero-order valence-corrected chi connectivity index (χ0v) is 10.2. The van der Waals surface area contributed by atoms with E-state index in [-0.39, 0.29) is 18.3 Å². The van der Waals surface area contributed by atoms with Crippen molar-refractivity contribution < 1.29 is 14.3 Å². The van der Waals surface area contributed by atoms with Crippen LogP contribution in [0.4, 0.5) is 0 Å². The summed E-state index contributed by atoms with van der Waals surface area (Å²) in [6.07, 6.45) is 2.23. The molecule has 1 aromatic rings. The predicted octanol–water partition coefficient (Wildman–Crippen LogP) is 1.42. The van der Waals surface area contributed by atoms with E-state index in [4.69, 9.17) is 11.6 Å². The molecule has 0 radical (unpaired) electrons. The first-order valence-electron chi connectivity index (χ1n) is 5.10. The molecule has 0 saturated heterocycles. The van der Waals surface area contributed by atoms with Crippen molar-refractivity contribution in [2.75, 3.05) is 13.7 Å². The molecule has 92 valence electrons. The molecule has 0 aromatic carbocycles. The molecule has 0 saturated carbocycles. The van der Waals surface area contributed by atoms with E-state index in [1.807, 2.05) is 0 Å². The van der Waals surface area contributed by atoms with E-state index in [0.717, 1.165) is 0 Å². The number of hydrogen-bond acceptors (Lipinski definition) is 4. The van der Waals surface area contributed by atoms with Crippen LogP contribution in [0.5, 0.6) is 0 Å². The van der Waals surface area contributed by atoms with Crippen LogP contribution in [-0.4, -0.2) is 30.5 Å². The Morgan fingerprint density at radius 3 is 2.82 bits per heavy atom. The van der Waals surface area contributed by atoms with E-state index in [1.165, 1.54) is 13.3 Å². The molecule has 0 aliphatic rings. The number of carbonyl (C=O) groups is 2. The van der Waals surface area contributed by atoms with Gasteiger partial charge < -0.3 is 10.1 Å². The molecule has 1 heterocycles. The minimum atomic E-state index is -0.285. The maximum absolute atomic E-state index is 11.6. The quantitative estimate of drug-likeness (QED) is 0.491. The maximum Gasteiger partial charge on any atom is 0.305 e. The van der Waals surface area contributed by atoms with Crippen molar-refractivity contribution in [3.8, 4) is 0 Å². The molecule has 0 unspecified atom stereocenters. The molecule has 1 aromatic heterocycles. The Kier molecular flexibility index (Phi) is 5.42. The van der Waals surface area contributed by atoms with E-state index < -0.39 is 0 Å². The Bertz CT molecular complexity index is 392. The van der Waals surface area contributed by atoms with Gasteiger partial charge in [0.25, 0.3) is 5.91 Å². The van der Waals surface area contributed by atoms with Crippen molar-refractivity contribution >= 4 is 23.5 Å². The molecule has 0 aliphatic heterocycles. The van der Waals surface area contributed by atoms with Gasteiger partial charge in [-0.15, -0.1) is 0 Å². The Morgan fingerprint density at radius 1 is 1.47 bits per heavy atom. The number of nitrogens with zero attached hydrogens (tertiary/aromatic N) is 1. The highest BCUT2D eigenvalue weighted by Gasteiger charge is 2.05. The Labute approximate surface area is 104 Å².